The quantitative estimate of drug-likeness (QED) is 0.797. The Labute approximate surface area is 84.5 Å². The van der Waals surface area contributed by atoms with Gasteiger partial charge in [-0.1, -0.05) is 25.5 Å². The molecule has 1 heterocycles. The number of hydrogen-bond acceptors (Lipinski definition) is 2. The molecular formula is C12H16O2. The van der Waals surface area contributed by atoms with Gasteiger partial charge in [-0.15, -0.1) is 0 Å². The fourth-order valence-electron chi connectivity index (χ4n) is 1.83. The molecule has 0 saturated heterocycles. The van der Waals surface area contributed by atoms with Gasteiger partial charge in [0.05, 0.1) is 12.7 Å². The summed E-state index contributed by atoms with van der Waals surface area (Å²) in [6.45, 7) is 2.86. The molecule has 1 unspecified atom stereocenters. The summed E-state index contributed by atoms with van der Waals surface area (Å²) in [5.41, 5.74) is 2.24. The molecule has 1 atom stereocenters. The summed E-state index contributed by atoms with van der Waals surface area (Å²) in [5, 5.41) is 9.80. The lowest BCUT2D eigenvalue weighted by Gasteiger charge is -2.10. The zero-order valence-corrected chi connectivity index (χ0v) is 8.49. The molecule has 1 aliphatic rings. The second-order valence-electron chi connectivity index (χ2n) is 3.77. The number of hydrogen-bond donors (Lipinski definition) is 1. The molecule has 0 radical (unpaired) electrons. The lowest BCUT2D eigenvalue weighted by atomic mass is 10.0. The van der Waals surface area contributed by atoms with Gasteiger partial charge >= 0.3 is 0 Å². The zero-order chi connectivity index (χ0) is 9.97. The van der Waals surface area contributed by atoms with Crippen LogP contribution in [0.4, 0.5) is 0 Å². The summed E-state index contributed by atoms with van der Waals surface area (Å²) in [7, 11) is 0. The normalized spacial score (nSPS) is 16.1. The minimum absolute atomic E-state index is 0.338. The smallest absolute Gasteiger partial charge is 0.122 e. The molecule has 0 fully saturated rings. The lowest BCUT2D eigenvalue weighted by Crippen LogP contribution is -1.96. The summed E-state index contributed by atoms with van der Waals surface area (Å²) >= 11 is 0. The van der Waals surface area contributed by atoms with Crippen LogP contribution in [0.3, 0.4) is 0 Å². The molecule has 1 aromatic carbocycles. The highest BCUT2D eigenvalue weighted by Gasteiger charge is 2.14. The van der Waals surface area contributed by atoms with E-state index in [0.717, 1.165) is 37.2 Å². The molecule has 0 bridgehead atoms. The molecule has 0 amide bonds. The van der Waals surface area contributed by atoms with Gasteiger partial charge in [0, 0.05) is 6.42 Å². The van der Waals surface area contributed by atoms with E-state index in [9.17, 15) is 5.11 Å². The van der Waals surface area contributed by atoms with E-state index in [2.05, 4.69) is 13.0 Å². The largest absolute Gasteiger partial charge is 0.493 e. The van der Waals surface area contributed by atoms with Crippen molar-refractivity contribution in [3.63, 3.8) is 0 Å². The summed E-state index contributed by atoms with van der Waals surface area (Å²) in [5.74, 6) is 0.956. The average molecular weight is 192 g/mol. The second-order valence-corrected chi connectivity index (χ2v) is 3.77. The first-order valence-electron chi connectivity index (χ1n) is 5.25. The zero-order valence-electron chi connectivity index (χ0n) is 8.49. The topological polar surface area (TPSA) is 29.5 Å². The molecule has 2 heteroatoms. The van der Waals surface area contributed by atoms with Crippen LogP contribution >= 0.6 is 0 Å². The molecule has 1 N–H and O–H groups in total. The van der Waals surface area contributed by atoms with Crippen LogP contribution in [0.1, 0.15) is 37.0 Å². The lowest BCUT2D eigenvalue weighted by molar-refractivity contribution is 0.166. The van der Waals surface area contributed by atoms with Crippen molar-refractivity contribution in [2.75, 3.05) is 6.61 Å². The van der Waals surface area contributed by atoms with Gasteiger partial charge in [0.15, 0.2) is 0 Å². The average Bonchev–Trinajstić information content (AvgIpc) is 2.64. The van der Waals surface area contributed by atoms with Crippen LogP contribution in [0.5, 0.6) is 5.75 Å². The Morgan fingerprint density at radius 2 is 2.36 bits per heavy atom. The fourth-order valence-corrected chi connectivity index (χ4v) is 1.83. The summed E-state index contributed by atoms with van der Waals surface area (Å²) in [4.78, 5) is 0. The Bertz CT molecular complexity index is 320. The highest BCUT2D eigenvalue weighted by molar-refractivity contribution is 5.40. The highest BCUT2D eigenvalue weighted by Crippen LogP contribution is 2.29. The number of ether oxygens (including phenoxy) is 1. The monoisotopic (exact) mass is 192 g/mol. The highest BCUT2D eigenvalue weighted by atomic mass is 16.5. The maximum atomic E-state index is 9.80. The fraction of sp³-hybridized carbons (Fsp3) is 0.500. The third kappa shape index (κ3) is 1.75. The van der Waals surface area contributed by atoms with E-state index in [4.69, 9.17) is 4.74 Å². The molecule has 76 valence electrons. The van der Waals surface area contributed by atoms with Gasteiger partial charge in [-0.05, 0) is 23.6 Å². The molecule has 2 rings (SSSR count). The number of rotatable bonds is 3. The SMILES string of the molecule is CCCC(O)c1ccc2c(c1)OCC2. The van der Waals surface area contributed by atoms with E-state index in [1.165, 1.54) is 5.56 Å². The van der Waals surface area contributed by atoms with Crippen LogP contribution in [-0.4, -0.2) is 11.7 Å². The Kier molecular flexibility index (Phi) is 2.73. The predicted octanol–water partition coefficient (Wildman–Crippen LogP) is 2.46. The van der Waals surface area contributed by atoms with Gasteiger partial charge < -0.3 is 9.84 Å². The first-order valence-corrected chi connectivity index (χ1v) is 5.25. The van der Waals surface area contributed by atoms with Crippen LogP contribution in [0, 0.1) is 0 Å². The van der Waals surface area contributed by atoms with Crippen LogP contribution in [0.25, 0.3) is 0 Å². The van der Waals surface area contributed by atoms with E-state index in [-0.39, 0.29) is 6.10 Å². The minimum atomic E-state index is -0.338. The van der Waals surface area contributed by atoms with Crippen LogP contribution in [-0.2, 0) is 6.42 Å². The Hall–Kier alpha value is -1.02. The standard InChI is InChI=1S/C12H16O2/c1-2-3-11(13)10-5-4-9-6-7-14-12(9)8-10/h4-5,8,11,13H,2-3,6-7H2,1H3. The molecule has 0 spiro atoms. The molecule has 1 aromatic rings. The first-order chi connectivity index (χ1) is 6.81. The Morgan fingerprint density at radius 1 is 1.50 bits per heavy atom. The van der Waals surface area contributed by atoms with Crippen LogP contribution in [0.2, 0.25) is 0 Å². The summed E-state index contributed by atoms with van der Waals surface area (Å²) in [6, 6.07) is 6.05. The van der Waals surface area contributed by atoms with Gasteiger partial charge in [-0.3, -0.25) is 0 Å². The Morgan fingerprint density at radius 3 is 3.14 bits per heavy atom. The van der Waals surface area contributed by atoms with Crippen molar-refractivity contribution in [3.8, 4) is 5.75 Å². The molecule has 0 aliphatic carbocycles. The van der Waals surface area contributed by atoms with Crippen molar-refractivity contribution in [1.29, 1.82) is 0 Å². The molecule has 1 aliphatic heterocycles. The number of fused-ring (bicyclic) bond motifs is 1. The summed E-state index contributed by atoms with van der Waals surface area (Å²) in [6.07, 6.45) is 2.48. The molecule has 14 heavy (non-hydrogen) atoms. The van der Waals surface area contributed by atoms with Crippen LogP contribution in [0.15, 0.2) is 18.2 Å². The molecule has 2 nitrogen and oxygen atoms in total. The maximum Gasteiger partial charge on any atom is 0.122 e. The van der Waals surface area contributed by atoms with Crippen molar-refractivity contribution < 1.29 is 9.84 Å². The maximum absolute atomic E-state index is 9.80. The van der Waals surface area contributed by atoms with Crippen molar-refractivity contribution in [2.45, 2.75) is 32.3 Å². The summed E-state index contributed by atoms with van der Waals surface area (Å²) < 4.78 is 5.46. The molecule has 0 aromatic heterocycles. The predicted molar refractivity (Wildman–Crippen MR) is 55.5 cm³/mol. The number of benzene rings is 1. The van der Waals surface area contributed by atoms with E-state index in [1.807, 2.05) is 12.1 Å². The number of aliphatic hydroxyl groups excluding tert-OH is 1. The second kappa shape index (κ2) is 4.01. The molecular weight excluding hydrogens is 176 g/mol. The van der Waals surface area contributed by atoms with Crippen LogP contribution < -0.4 is 4.74 Å². The van der Waals surface area contributed by atoms with E-state index >= 15 is 0 Å². The van der Waals surface area contributed by atoms with Gasteiger partial charge in [0.1, 0.15) is 5.75 Å². The van der Waals surface area contributed by atoms with Crippen molar-refractivity contribution in [1.82, 2.24) is 0 Å². The van der Waals surface area contributed by atoms with Crippen molar-refractivity contribution in [3.05, 3.63) is 29.3 Å². The van der Waals surface area contributed by atoms with Gasteiger partial charge in [0.25, 0.3) is 0 Å². The van der Waals surface area contributed by atoms with Gasteiger partial charge in [-0.25, -0.2) is 0 Å². The van der Waals surface area contributed by atoms with Gasteiger partial charge in [-0.2, -0.15) is 0 Å². The third-order valence-corrected chi connectivity index (χ3v) is 2.67. The van der Waals surface area contributed by atoms with E-state index in [1.54, 1.807) is 0 Å². The first kappa shape index (κ1) is 9.53. The van der Waals surface area contributed by atoms with Gasteiger partial charge in [0.2, 0.25) is 0 Å². The van der Waals surface area contributed by atoms with Crippen molar-refractivity contribution >= 4 is 0 Å². The Balaban J connectivity index is 2.19. The van der Waals surface area contributed by atoms with Crippen molar-refractivity contribution in [2.24, 2.45) is 0 Å². The third-order valence-electron chi connectivity index (χ3n) is 2.67. The van der Waals surface area contributed by atoms with E-state index in [0.29, 0.717) is 0 Å². The molecule has 0 saturated carbocycles. The van der Waals surface area contributed by atoms with E-state index < -0.39 is 0 Å². The number of aliphatic hydroxyl groups is 1. The minimum Gasteiger partial charge on any atom is -0.493 e.